The molecule has 1 saturated heterocycles. The summed E-state index contributed by atoms with van der Waals surface area (Å²) in [6, 6.07) is 16.3. The van der Waals surface area contributed by atoms with E-state index in [-0.39, 0.29) is 29.2 Å². The Labute approximate surface area is 221 Å². The Hall–Kier alpha value is -4.34. The fourth-order valence-electron chi connectivity index (χ4n) is 3.42. The Morgan fingerprint density at radius 1 is 0.973 bits per heavy atom. The van der Waals surface area contributed by atoms with Crippen LogP contribution in [0, 0.1) is 0 Å². The highest BCUT2D eigenvalue weighted by molar-refractivity contribution is 6.39. The lowest BCUT2D eigenvalue weighted by atomic mass is 10.1. The highest BCUT2D eigenvalue weighted by Gasteiger charge is 2.37. The predicted octanol–water partition coefficient (Wildman–Crippen LogP) is 4.69. The molecular formula is C26H19Cl2N3O6. The third-order valence-corrected chi connectivity index (χ3v) is 5.68. The van der Waals surface area contributed by atoms with Gasteiger partial charge in [0.05, 0.1) is 12.8 Å². The van der Waals surface area contributed by atoms with Gasteiger partial charge in [-0.05, 0) is 72.8 Å². The number of methoxy groups -OCH3 is 1. The lowest BCUT2D eigenvalue weighted by Gasteiger charge is -2.26. The molecule has 3 aromatic carbocycles. The van der Waals surface area contributed by atoms with Crippen LogP contribution in [0.2, 0.25) is 10.0 Å². The molecule has 0 bridgehead atoms. The number of carbonyl (C=O) groups excluding carboxylic acids is 4. The van der Waals surface area contributed by atoms with E-state index >= 15 is 0 Å². The van der Waals surface area contributed by atoms with Crippen molar-refractivity contribution in [2.45, 2.75) is 0 Å². The van der Waals surface area contributed by atoms with Gasteiger partial charge in [0, 0.05) is 21.3 Å². The van der Waals surface area contributed by atoms with Crippen LogP contribution in [0.5, 0.6) is 11.5 Å². The van der Waals surface area contributed by atoms with Gasteiger partial charge >= 0.3 is 6.03 Å². The number of halogens is 2. The number of urea groups is 1. The number of benzene rings is 3. The van der Waals surface area contributed by atoms with Gasteiger partial charge in [-0.25, -0.2) is 9.69 Å². The number of nitrogens with zero attached hydrogens (tertiary/aromatic N) is 1. The van der Waals surface area contributed by atoms with E-state index in [2.05, 4.69) is 10.6 Å². The molecule has 0 aromatic heterocycles. The minimum absolute atomic E-state index is 0.191. The number of nitrogens with one attached hydrogen (secondary N) is 2. The molecule has 0 radical (unpaired) electrons. The van der Waals surface area contributed by atoms with E-state index in [0.29, 0.717) is 21.5 Å². The van der Waals surface area contributed by atoms with Crippen molar-refractivity contribution in [1.82, 2.24) is 5.32 Å². The summed E-state index contributed by atoms with van der Waals surface area (Å²) in [5, 5.41) is 5.65. The van der Waals surface area contributed by atoms with Crippen molar-refractivity contribution in [3.63, 3.8) is 0 Å². The van der Waals surface area contributed by atoms with Gasteiger partial charge in [0.2, 0.25) is 0 Å². The van der Waals surface area contributed by atoms with E-state index in [0.717, 1.165) is 4.90 Å². The summed E-state index contributed by atoms with van der Waals surface area (Å²) >= 11 is 12.0. The number of ether oxygens (including phenoxy) is 2. The molecule has 11 heteroatoms. The highest BCUT2D eigenvalue weighted by Crippen LogP contribution is 2.28. The normalized spacial score (nSPS) is 14.4. The summed E-state index contributed by atoms with van der Waals surface area (Å²) in [6.45, 7) is -0.364. The standard InChI is InChI=1S/C26H19Cl2N3O6/c1-36-20-9-7-19(8-10-20)31-25(34)21(24(33)30-26(31)35)13-15-12-17(28)4-11-22(15)37-14-23(32)29-18-5-2-16(27)3-6-18/h2-13H,14H2,1H3,(H,29,32)(H,30,33,35)/b21-13+. The quantitative estimate of drug-likeness (QED) is 0.332. The first-order valence-electron chi connectivity index (χ1n) is 10.8. The maximum absolute atomic E-state index is 13.2. The SMILES string of the molecule is COc1ccc(N2C(=O)NC(=O)/C(=C\c3cc(Cl)ccc3OCC(=O)Nc3ccc(Cl)cc3)C2=O)cc1. The molecule has 2 N–H and O–H groups in total. The van der Waals surface area contributed by atoms with E-state index in [1.54, 1.807) is 36.4 Å². The van der Waals surface area contributed by atoms with Crippen molar-refractivity contribution < 1.29 is 28.7 Å². The molecule has 0 atom stereocenters. The lowest BCUT2D eigenvalue weighted by molar-refractivity contribution is -0.122. The van der Waals surface area contributed by atoms with Crippen LogP contribution in [-0.2, 0) is 14.4 Å². The van der Waals surface area contributed by atoms with Gasteiger partial charge < -0.3 is 14.8 Å². The number of carbonyl (C=O) groups is 4. The molecule has 0 spiro atoms. The van der Waals surface area contributed by atoms with Gasteiger partial charge in [-0.3, -0.25) is 19.7 Å². The van der Waals surface area contributed by atoms with Crippen LogP contribution in [0.1, 0.15) is 5.56 Å². The second kappa shape index (κ2) is 11.2. The third kappa shape index (κ3) is 6.08. The summed E-state index contributed by atoms with van der Waals surface area (Å²) < 4.78 is 10.7. The summed E-state index contributed by atoms with van der Waals surface area (Å²) in [5.74, 6) is -1.45. The van der Waals surface area contributed by atoms with Crippen molar-refractivity contribution in [2.75, 3.05) is 23.9 Å². The first-order valence-corrected chi connectivity index (χ1v) is 11.5. The zero-order valence-electron chi connectivity index (χ0n) is 19.3. The number of rotatable bonds is 7. The van der Waals surface area contributed by atoms with Gasteiger partial charge in [-0.1, -0.05) is 23.2 Å². The minimum atomic E-state index is -0.890. The number of hydrogen-bond acceptors (Lipinski definition) is 6. The topological polar surface area (TPSA) is 114 Å². The first-order chi connectivity index (χ1) is 17.7. The monoisotopic (exact) mass is 539 g/mol. The van der Waals surface area contributed by atoms with E-state index in [1.165, 1.54) is 43.5 Å². The minimum Gasteiger partial charge on any atom is -0.497 e. The predicted molar refractivity (Wildman–Crippen MR) is 139 cm³/mol. The van der Waals surface area contributed by atoms with Crippen LogP contribution in [0.4, 0.5) is 16.2 Å². The second-order valence-corrected chi connectivity index (χ2v) is 8.55. The first kappa shape index (κ1) is 25.7. The number of imide groups is 2. The molecule has 1 heterocycles. The fraction of sp³-hybridized carbons (Fsp3) is 0.0769. The van der Waals surface area contributed by atoms with E-state index in [4.69, 9.17) is 32.7 Å². The van der Waals surface area contributed by atoms with E-state index < -0.39 is 23.8 Å². The Morgan fingerprint density at radius 2 is 1.65 bits per heavy atom. The van der Waals surface area contributed by atoms with Gasteiger partial charge in [0.1, 0.15) is 17.1 Å². The Morgan fingerprint density at radius 3 is 2.32 bits per heavy atom. The number of barbiturate groups is 1. The molecule has 4 rings (SSSR count). The van der Waals surface area contributed by atoms with Gasteiger partial charge in [0.15, 0.2) is 6.61 Å². The molecule has 1 aliphatic heterocycles. The lowest BCUT2D eigenvalue weighted by Crippen LogP contribution is -2.54. The summed E-state index contributed by atoms with van der Waals surface area (Å²) in [4.78, 5) is 51.4. The maximum atomic E-state index is 13.2. The number of anilines is 2. The maximum Gasteiger partial charge on any atom is 0.335 e. The molecule has 5 amide bonds. The highest BCUT2D eigenvalue weighted by atomic mass is 35.5. The Kier molecular flexibility index (Phi) is 7.76. The molecule has 1 fully saturated rings. The van der Waals surface area contributed by atoms with Crippen molar-refractivity contribution >= 4 is 64.4 Å². The molecule has 9 nitrogen and oxygen atoms in total. The fourth-order valence-corrected chi connectivity index (χ4v) is 3.72. The van der Waals surface area contributed by atoms with Crippen molar-refractivity contribution in [3.8, 4) is 11.5 Å². The Bertz CT molecular complexity index is 1400. The van der Waals surface area contributed by atoms with Crippen LogP contribution in [0.3, 0.4) is 0 Å². The van der Waals surface area contributed by atoms with Crippen LogP contribution < -0.4 is 25.0 Å². The van der Waals surface area contributed by atoms with Crippen LogP contribution in [0.25, 0.3) is 6.08 Å². The van der Waals surface area contributed by atoms with Crippen LogP contribution in [-0.4, -0.2) is 37.5 Å². The van der Waals surface area contributed by atoms with Gasteiger partial charge in [-0.2, -0.15) is 0 Å². The van der Waals surface area contributed by atoms with Crippen molar-refractivity contribution in [2.24, 2.45) is 0 Å². The van der Waals surface area contributed by atoms with Gasteiger partial charge in [0.25, 0.3) is 17.7 Å². The third-order valence-electron chi connectivity index (χ3n) is 5.19. The summed E-state index contributed by atoms with van der Waals surface area (Å²) in [5.41, 5.74) is 0.704. The zero-order valence-corrected chi connectivity index (χ0v) is 20.8. The zero-order chi connectivity index (χ0) is 26.5. The van der Waals surface area contributed by atoms with Crippen LogP contribution in [0.15, 0.2) is 72.3 Å². The molecule has 37 heavy (non-hydrogen) atoms. The second-order valence-electron chi connectivity index (χ2n) is 7.68. The molecule has 1 aliphatic rings. The Balaban J connectivity index is 1.57. The molecule has 0 saturated carbocycles. The number of amides is 5. The summed E-state index contributed by atoms with van der Waals surface area (Å²) in [6.07, 6.45) is 1.25. The number of hydrogen-bond donors (Lipinski definition) is 2. The average molecular weight is 540 g/mol. The van der Waals surface area contributed by atoms with Crippen LogP contribution >= 0.6 is 23.2 Å². The molecule has 0 unspecified atom stereocenters. The molecule has 0 aliphatic carbocycles. The van der Waals surface area contributed by atoms with Crippen molar-refractivity contribution in [1.29, 1.82) is 0 Å². The van der Waals surface area contributed by atoms with E-state index in [1.807, 2.05) is 0 Å². The smallest absolute Gasteiger partial charge is 0.335 e. The largest absolute Gasteiger partial charge is 0.497 e. The summed E-state index contributed by atoms with van der Waals surface area (Å²) in [7, 11) is 1.49. The molecular weight excluding hydrogens is 521 g/mol. The molecule has 188 valence electrons. The molecule has 3 aromatic rings. The van der Waals surface area contributed by atoms with Crippen molar-refractivity contribution in [3.05, 3.63) is 87.9 Å². The average Bonchev–Trinajstić information content (AvgIpc) is 2.87. The van der Waals surface area contributed by atoms with Gasteiger partial charge in [-0.15, -0.1) is 0 Å². The van der Waals surface area contributed by atoms with E-state index in [9.17, 15) is 19.2 Å².